The van der Waals surface area contributed by atoms with Crippen molar-refractivity contribution >= 4 is 11.9 Å². The molecule has 5 nitrogen and oxygen atoms in total. The van der Waals surface area contributed by atoms with Crippen LogP contribution in [0.4, 0.5) is 0 Å². The van der Waals surface area contributed by atoms with Crippen LogP contribution in [0.2, 0.25) is 0 Å². The van der Waals surface area contributed by atoms with E-state index in [0.29, 0.717) is 17.8 Å². The smallest absolute Gasteiger partial charge is 0.436 e. The Labute approximate surface area is 115 Å². The van der Waals surface area contributed by atoms with E-state index in [1.165, 1.54) is 6.42 Å². The van der Waals surface area contributed by atoms with Gasteiger partial charge in [0.05, 0.1) is 6.61 Å². The summed E-state index contributed by atoms with van der Waals surface area (Å²) in [5.74, 6) is -0.325. The van der Waals surface area contributed by atoms with Crippen molar-refractivity contribution in [2.75, 3.05) is 6.61 Å². The molecule has 0 aromatic rings. The summed E-state index contributed by atoms with van der Waals surface area (Å²) in [6.07, 6.45) is 3.28. The van der Waals surface area contributed by atoms with Crippen molar-refractivity contribution in [2.45, 2.75) is 53.0 Å². The van der Waals surface area contributed by atoms with E-state index in [9.17, 15) is 9.59 Å². The van der Waals surface area contributed by atoms with Gasteiger partial charge in [0.1, 0.15) is 0 Å². The van der Waals surface area contributed by atoms with Crippen LogP contribution in [0.15, 0.2) is 0 Å². The summed E-state index contributed by atoms with van der Waals surface area (Å²) in [5, 5.41) is 0. The molecule has 1 aliphatic carbocycles. The van der Waals surface area contributed by atoms with Crippen LogP contribution in [-0.4, -0.2) is 24.6 Å². The van der Waals surface area contributed by atoms with Crippen molar-refractivity contribution in [2.24, 2.45) is 17.8 Å². The highest BCUT2D eigenvalue weighted by Gasteiger charge is 2.32. The average molecular weight is 271 g/mol. The molecule has 0 saturated heterocycles. The van der Waals surface area contributed by atoms with Gasteiger partial charge >= 0.3 is 11.9 Å². The van der Waals surface area contributed by atoms with Gasteiger partial charge < -0.3 is 9.57 Å². The predicted molar refractivity (Wildman–Crippen MR) is 71.0 cm³/mol. The Morgan fingerprint density at radius 1 is 1.26 bits per heavy atom. The van der Waals surface area contributed by atoms with Gasteiger partial charge in [-0.1, -0.05) is 27.2 Å². The first-order valence-electron chi connectivity index (χ1n) is 7.09. The number of nitrogens with one attached hydrogen (secondary N) is 1. The lowest BCUT2D eigenvalue weighted by Crippen LogP contribution is -2.44. The number of hydroxylamine groups is 1. The highest BCUT2D eigenvalue weighted by atomic mass is 16.7. The van der Waals surface area contributed by atoms with Gasteiger partial charge in [-0.25, -0.2) is 9.59 Å². The van der Waals surface area contributed by atoms with E-state index in [1.54, 1.807) is 6.92 Å². The van der Waals surface area contributed by atoms with E-state index < -0.39 is 11.9 Å². The molecule has 0 heterocycles. The summed E-state index contributed by atoms with van der Waals surface area (Å²) in [7, 11) is 0. The van der Waals surface area contributed by atoms with Gasteiger partial charge in [-0.15, -0.1) is 5.48 Å². The van der Waals surface area contributed by atoms with E-state index in [0.717, 1.165) is 12.8 Å². The minimum Gasteiger partial charge on any atom is -0.458 e. The van der Waals surface area contributed by atoms with Crippen LogP contribution in [0.5, 0.6) is 0 Å². The Hall–Kier alpha value is -1.10. The van der Waals surface area contributed by atoms with Crippen LogP contribution in [0, 0.1) is 17.8 Å². The maximum absolute atomic E-state index is 11.4. The summed E-state index contributed by atoms with van der Waals surface area (Å²) in [4.78, 5) is 27.4. The molecule has 1 aliphatic rings. The standard InChI is InChI=1S/C14H25NO4/c1-5-18-13(16)14(17)19-15-12-8-10(4)6-7-11(12)9(2)3/h9-12,15H,5-8H2,1-4H3. The third-order valence-electron chi connectivity index (χ3n) is 3.77. The molecular weight excluding hydrogens is 246 g/mol. The van der Waals surface area contributed by atoms with Gasteiger partial charge in [0.25, 0.3) is 0 Å². The molecule has 1 N–H and O–H groups in total. The fraction of sp³-hybridized carbons (Fsp3) is 0.857. The Balaban J connectivity index is 2.48. The van der Waals surface area contributed by atoms with E-state index in [2.05, 4.69) is 31.0 Å². The molecule has 1 rings (SSSR count). The summed E-state index contributed by atoms with van der Waals surface area (Å²) in [6.45, 7) is 8.35. The number of esters is 1. The minimum atomic E-state index is -0.970. The van der Waals surface area contributed by atoms with Gasteiger partial charge in [0, 0.05) is 6.04 Å². The lowest BCUT2D eigenvalue weighted by Gasteiger charge is -2.36. The monoisotopic (exact) mass is 271 g/mol. The molecule has 3 unspecified atom stereocenters. The molecule has 0 bridgehead atoms. The third kappa shape index (κ3) is 4.82. The Morgan fingerprint density at radius 2 is 1.95 bits per heavy atom. The number of hydrogen-bond donors (Lipinski definition) is 1. The molecule has 0 spiro atoms. The quantitative estimate of drug-likeness (QED) is 0.481. The van der Waals surface area contributed by atoms with Gasteiger partial charge in [0.2, 0.25) is 0 Å². The highest BCUT2D eigenvalue weighted by Crippen LogP contribution is 2.33. The zero-order chi connectivity index (χ0) is 14.4. The second-order valence-electron chi connectivity index (χ2n) is 5.66. The number of carbonyl (C=O) groups excluding carboxylic acids is 2. The third-order valence-corrected chi connectivity index (χ3v) is 3.77. The molecule has 0 aromatic carbocycles. The normalized spacial score (nSPS) is 27.1. The van der Waals surface area contributed by atoms with E-state index >= 15 is 0 Å². The van der Waals surface area contributed by atoms with Gasteiger partial charge in [-0.2, -0.15) is 0 Å². The van der Waals surface area contributed by atoms with Crippen molar-refractivity contribution in [1.82, 2.24) is 5.48 Å². The molecular formula is C14H25NO4. The van der Waals surface area contributed by atoms with Gasteiger partial charge in [0.15, 0.2) is 0 Å². The van der Waals surface area contributed by atoms with Crippen LogP contribution in [0.3, 0.4) is 0 Å². The molecule has 5 heteroatoms. The van der Waals surface area contributed by atoms with Crippen LogP contribution < -0.4 is 5.48 Å². The van der Waals surface area contributed by atoms with Crippen LogP contribution >= 0.6 is 0 Å². The van der Waals surface area contributed by atoms with Crippen molar-refractivity contribution in [3.63, 3.8) is 0 Å². The Kier molecular flexibility index (Phi) is 6.28. The second kappa shape index (κ2) is 7.48. The first-order chi connectivity index (χ1) is 8.95. The zero-order valence-electron chi connectivity index (χ0n) is 12.3. The average Bonchev–Trinajstić information content (AvgIpc) is 2.35. The zero-order valence-corrected chi connectivity index (χ0v) is 12.3. The van der Waals surface area contributed by atoms with E-state index in [1.807, 2.05) is 0 Å². The molecule has 0 aromatic heterocycles. The lowest BCUT2D eigenvalue weighted by molar-refractivity contribution is -0.174. The maximum Gasteiger partial charge on any atom is 0.436 e. The second-order valence-corrected chi connectivity index (χ2v) is 5.66. The summed E-state index contributed by atoms with van der Waals surface area (Å²) in [6, 6.07) is 0.113. The summed E-state index contributed by atoms with van der Waals surface area (Å²) < 4.78 is 4.59. The van der Waals surface area contributed by atoms with Crippen LogP contribution in [0.1, 0.15) is 47.0 Å². The van der Waals surface area contributed by atoms with Gasteiger partial charge in [-0.05, 0) is 37.5 Å². The fourth-order valence-electron chi connectivity index (χ4n) is 2.70. The Bertz CT molecular complexity index is 317. The lowest BCUT2D eigenvalue weighted by atomic mass is 9.74. The predicted octanol–water partition coefficient (Wildman–Crippen LogP) is 2.06. The molecule has 1 saturated carbocycles. The van der Waals surface area contributed by atoms with Crippen molar-refractivity contribution < 1.29 is 19.2 Å². The number of hydrogen-bond acceptors (Lipinski definition) is 5. The topological polar surface area (TPSA) is 64.6 Å². The molecule has 0 amide bonds. The summed E-state index contributed by atoms with van der Waals surface area (Å²) in [5.41, 5.74) is 2.77. The molecule has 0 aliphatic heterocycles. The SMILES string of the molecule is CCOC(=O)C(=O)ONC1CC(C)CCC1C(C)C. The molecule has 3 atom stereocenters. The molecule has 19 heavy (non-hydrogen) atoms. The molecule has 0 radical (unpaired) electrons. The molecule has 1 fully saturated rings. The minimum absolute atomic E-state index is 0.113. The van der Waals surface area contributed by atoms with Crippen molar-refractivity contribution in [1.29, 1.82) is 0 Å². The fourth-order valence-corrected chi connectivity index (χ4v) is 2.70. The summed E-state index contributed by atoms with van der Waals surface area (Å²) >= 11 is 0. The number of ether oxygens (including phenoxy) is 1. The van der Waals surface area contributed by atoms with Crippen molar-refractivity contribution in [3.05, 3.63) is 0 Å². The number of carbonyl (C=O) groups is 2. The largest absolute Gasteiger partial charge is 0.458 e. The van der Waals surface area contributed by atoms with Crippen LogP contribution in [-0.2, 0) is 19.2 Å². The maximum atomic E-state index is 11.4. The van der Waals surface area contributed by atoms with E-state index in [4.69, 9.17) is 4.84 Å². The number of rotatable bonds is 4. The first-order valence-corrected chi connectivity index (χ1v) is 7.09. The first kappa shape index (κ1) is 16.0. The Morgan fingerprint density at radius 3 is 2.53 bits per heavy atom. The van der Waals surface area contributed by atoms with Crippen molar-refractivity contribution in [3.8, 4) is 0 Å². The van der Waals surface area contributed by atoms with Gasteiger partial charge in [-0.3, -0.25) is 0 Å². The molecule has 110 valence electrons. The highest BCUT2D eigenvalue weighted by molar-refractivity contribution is 6.29. The van der Waals surface area contributed by atoms with Crippen LogP contribution in [0.25, 0.3) is 0 Å². The van der Waals surface area contributed by atoms with E-state index in [-0.39, 0.29) is 12.6 Å².